The summed E-state index contributed by atoms with van der Waals surface area (Å²) in [6, 6.07) is 8.70. The molecule has 1 aliphatic heterocycles. The first-order valence-electron chi connectivity index (χ1n) is 6.14. The SMILES string of the molecule is S=C(NC1CC1)N1CCCOc2ccccc21. The second-order valence-electron chi connectivity index (χ2n) is 4.55. The molecule has 1 aliphatic carbocycles. The monoisotopic (exact) mass is 248 g/mol. The van der Waals surface area contributed by atoms with Crippen LogP contribution < -0.4 is 15.0 Å². The third kappa shape index (κ3) is 2.36. The lowest BCUT2D eigenvalue weighted by Gasteiger charge is -2.24. The van der Waals surface area contributed by atoms with Crippen molar-refractivity contribution >= 4 is 23.0 Å². The molecule has 17 heavy (non-hydrogen) atoms. The van der Waals surface area contributed by atoms with Crippen molar-refractivity contribution in [2.75, 3.05) is 18.1 Å². The lowest BCUT2D eigenvalue weighted by atomic mass is 10.2. The maximum Gasteiger partial charge on any atom is 0.173 e. The first-order valence-corrected chi connectivity index (χ1v) is 6.55. The number of hydrogen-bond donors (Lipinski definition) is 1. The minimum absolute atomic E-state index is 0.596. The third-order valence-electron chi connectivity index (χ3n) is 3.09. The molecule has 0 amide bonds. The first kappa shape index (κ1) is 10.8. The molecule has 3 nitrogen and oxygen atoms in total. The normalized spacial score (nSPS) is 18.9. The molecular formula is C13H16N2OS. The quantitative estimate of drug-likeness (QED) is 0.771. The fraction of sp³-hybridized carbons (Fsp3) is 0.462. The van der Waals surface area contributed by atoms with Gasteiger partial charge in [0.1, 0.15) is 5.75 Å². The highest BCUT2D eigenvalue weighted by atomic mass is 32.1. The Labute approximate surface area is 107 Å². The van der Waals surface area contributed by atoms with Gasteiger partial charge in [-0.3, -0.25) is 0 Å². The van der Waals surface area contributed by atoms with E-state index in [4.69, 9.17) is 17.0 Å². The Kier molecular flexibility index (Phi) is 2.89. The van der Waals surface area contributed by atoms with Gasteiger partial charge >= 0.3 is 0 Å². The number of rotatable bonds is 1. The maximum atomic E-state index is 5.72. The van der Waals surface area contributed by atoms with Crippen molar-refractivity contribution in [2.45, 2.75) is 25.3 Å². The van der Waals surface area contributed by atoms with Crippen molar-refractivity contribution in [1.29, 1.82) is 0 Å². The number of hydrogen-bond acceptors (Lipinski definition) is 2. The van der Waals surface area contributed by atoms with Crippen LogP contribution in [0.3, 0.4) is 0 Å². The molecule has 1 aromatic rings. The van der Waals surface area contributed by atoms with E-state index in [2.05, 4.69) is 16.3 Å². The first-order chi connectivity index (χ1) is 8.34. The van der Waals surface area contributed by atoms with Crippen LogP contribution in [-0.4, -0.2) is 24.3 Å². The number of nitrogens with one attached hydrogen (secondary N) is 1. The summed E-state index contributed by atoms with van der Waals surface area (Å²) in [5.74, 6) is 0.935. The van der Waals surface area contributed by atoms with Gasteiger partial charge in [-0.05, 0) is 43.6 Å². The van der Waals surface area contributed by atoms with Crippen LogP contribution >= 0.6 is 12.2 Å². The predicted molar refractivity (Wildman–Crippen MR) is 72.7 cm³/mol. The van der Waals surface area contributed by atoms with E-state index in [-0.39, 0.29) is 0 Å². The molecule has 0 saturated heterocycles. The Morgan fingerprint density at radius 3 is 3.00 bits per heavy atom. The van der Waals surface area contributed by atoms with Gasteiger partial charge in [0.05, 0.1) is 12.3 Å². The second kappa shape index (κ2) is 4.53. The van der Waals surface area contributed by atoms with Crippen LogP contribution in [0.15, 0.2) is 24.3 Å². The topological polar surface area (TPSA) is 24.5 Å². The summed E-state index contributed by atoms with van der Waals surface area (Å²) >= 11 is 5.49. The number of fused-ring (bicyclic) bond motifs is 1. The highest BCUT2D eigenvalue weighted by molar-refractivity contribution is 7.80. The van der Waals surface area contributed by atoms with E-state index in [1.165, 1.54) is 12.8 Å². The third-order valence-corrected chi connectivity index (χ3v) is 3.43. The summed E-state index contributed by atoms with van der Waals surface area (Å²) in [4.78, 5) is 2.16. The smallest absolute Gasteiger partial charge is 0.173 e. The zero-order chi connectivity index (χ0) is 11.7. The van der Waals surface area contributed by atoms with E-state index in [0.717, 1.165) is 36.1 Å². The Hall–Kier alpha value is -1.29. The van der Waals surface area contributed by atoms with Gasteiger partial charge in [0, 0.05) is 12.6 Å². The molecule has 90 valence electrons. The van der Waals surface area contributed by atoms with Gasteiger partial charge in [-0.2, -0.15) is 0 Å². The average molecular weight is 248 g/mol. The molecule has 1 N–H and O–H groups in total. The van der Waals surface area contributed by atoms with Crippen LogP contribution in [0.2, 0.25) is 0 Å². The summed E-state index contributed by atoms with van der Waals surface area (Å²) in [7, 11) is 0. The van der Waals surface area contributed by atoms with E-state index < -0.39 is 0 Å². The maximum absolute atomic E-state index is 5.72. The number of ether oxygens (including phenoxy) is 1. The number of nitrogens with zero attached hydrogens (tertiary/aromatic N) is 1. The van der Waals surface area contributed by atoms with Gasteiger partial charge in [0.15, 0.2) is 5.11 Å². The molecule has 0 aromatic heterocycles. The van der Waals surface area contributed by atoms with Gasteiger partial charge in [-0.25, -0.2) is 0 Å². The average Bonchev–Trinajstić information content (AvgIpc) is 3.14. The molecule has 1 fully saturated rings. The minimum Gasteiger partial charge on any atom is -0.491 e. The van der Waals surface area contributed by atoms with Crippen molar-refractivity contribution in [3.05, 3.63) is 24.3 Å². The molecule has 1 saturated carbocycles. The summed E-state index contributed by atoms with van der Waals surface area (Å²) < 4.78 is 5.72. The summed E-state index contributed by atoms with van der Waals surface area (Å²) in [6.45, 7) is 1.69. The van der Waals surface area contributed by atoms with Crippen LogP contribution in [0.25, 0.3) is 0 Å². The van der Waals surface area contributed by atoms with E-state index in [9.17, 15) is 0 Å². The fourth-order valence-corrected chi connectivity index (χ4v) is 2.37. The van der Waals surface area contributed by atoms with Gasteiger partial charge in [0.2, 0.25) is 0 Å². The van der Waals surface area contributed by atoms with Crippen LogP contribution in [0, 0.1) is 0 Å². The van der Waals surface area contributed by atoms with Crippen LogP contribution in [0.1, 0.15) is 19.3 Å². The summed E-state index contributed by atoms with van der Waals surface area (Å²) in [6.07, 6.45) is 3.49. The Morgan fingerprint density at radius 1 is 1.35 bits per heavy atom. The lowest BCUT2D eigenvalue weighted by molar-refractivity contribution is 0.322. The van der Waals surface area contributed by atoms with E-state index >= 15 is 0 Å². The van der Waals surface area contributed by atoms with Crippen LogP contribution in [0.5, 0.6) is 5.75 Å². The van der Waals surface area contributed by atoms with E-state index in [1.807, 2.05) is 18.2 Å². The van der Waals surface area contributed by atoms with E-state index in [1.54, 1.807) is 0 Å². The fourth-order valence-electron chi connectivity index (χ4n) is 2.02. The van der Waals surface area contributed by atoms with Gasteiger partial charge in [0.25, 0.3) is 0 Å². The molecule has 4 heteroatoms. The number of thiocarbonyl (C=S) groups is 1. The zero-order valence-electron chi connectivity index (χ0n) is 9.69. The van der Waals surface area contributed by atoms with Crippen LogP contribution in [0.4, 0.5) is 5.69 Å². The van der Waals surface area contributed by atoms with Gasteiger partial charge in [-0.15, -0.1) is 0 Å². The molecule has 1 aromatic carbocycles. The molecule has 0 atom stereocenters. The van der Waals surface area contributed by atoms with Crippen molar-refractivity contribution in [1.82, 2.24) is 5.32 Å². The van der Waals surface area contributed by atoms with Crippen LogP contribution in [-0.2, 0) is 0 Å². The van der Waals surface area contributed by atoms with Crippen molar-refractivity contribution < 1.29 is 4.74 Å². The molecule has 0 spiro atoms. The predicted octanol–water partition coefficient (Wildman–Crippen LogP) is 2.31. The molecule has 0 radical (unpaired) electrons. The molecule has 0 unspecified atom stereocenters. The number of anilines is 1. The largest absolute Gasteiger partial charge is 0.491 e. The molecular weight excluding hydrogens is 232 g/mol. The second-order valence-corrected chi connectivity index (χ2v) is 4.93. The van der Waals surface area contributed by atoms with Gasteiger partial charge in [-0.1, -0.05) is 12.1 Å². The molecule has 2 aliphatic rings. The summed E-state index contributed by atoms with van der Waals surface area (Å²) in [5.41, 5.74) is 1.09. The summed E-state index contributed by atoms with van der Waals surface area (Å²) in [5, 5.41) is 4.23. The van der Waals surface area contributed by atoms with E-state index in [0.29, 0.717) is 6.04 Å². The highest BCUT2D eigenvalue weighted by Gasteiger charge is 2.26. The molecule has 1 heterocycles. The number of benzene rings is 1. The standard InChI is InChI=1S/C13H16N2OS/c17-13(14-10-6-7-10)15-8-3-9-16-12-5-2-1-4-11(12)15/h1-2,4-5,10H,3,6-9H2,(H,14,17). The Morgan fingerprint density at radius 2 is 2.18 bits per heavy atom. The van der Waals surface area contributed by atoms with Crippen molar-refractivity contribution in [2.24, 2.45) is 0 Å². The molecule has 0 bridgehead atoms. The lowest BCUT2D eigenvalue weighted by Crippen LogP contribution is -2.41. The molecule has 3 rings (SSSR count). The van der Waals surface area contributed by atoms with Crippen molar-refractivity contribution in [3.63, 3.8) is 0 Å². The van der Waals surface area contributed by atoms with Crippen molar-refractivity contribution in [3.8, 4) is 5.75 Å². The number of para-hydroxylation sites is 2. The van der Waals surface area contributed by atoms with Gasteiger partial charge < -0.3 is 15.0 Å². The zero-order valence-corrected chi connectivity index (χ0v) is 10.5. The highest BCUT2D eigenvalue weighted by Crippen LogP contribution is 2.31. The minimum atomic E-state index is 0.596. The Bertz CT molecular complexity index is 431. The Balaban J connectivity index is 1.85.